The molecule has 0 atom stereocenters. The molecule has 2 aromatic rings. The van der Waals surface area contributed by atoms with Crippen LogP contribution in [-0.2, 0) is 19.6 Å². The molecule has 0 aliphatic carbocycles. The number of hydrogen-bond donors (Lipinski definition) is 2. The Morgan fingerprint density at radius 2 is 1.68 bits per heavy atom. The number of carbonyl (C=O) groups is 2. The van der Waals surface area contributed by atoms with E-state index in [9.17, 15) is 18.0 Å². The van der Waals surface area contributed by atoms with Crippen molar-refractivity contribution in [2.24, 2.45) is 0 Å². The number of amides is 1. The van der Waals surface area contributed by atoms with Gasteiger partial charge in [-0.1, -0.05) is 30.3 Å². The highest BCUT2D eigenvalue weighted by Crippen LogP contribution is 2.13. The molecule has 0 unspecified atom stereocenters. The number of ether oxygens (including phenoxy) is 1. The Balaban J connectivity index is 1.93. The van der Waals surface area contributed by atoms with Gasteiger partial charge in [0.05, 0.1) is 11.5 Å². The van der Waals surface area contributed by atoms with Crippen LogP contribution in [0.15, 0.2) is 60.0 Å². The summed E-state index contributed by atoms with van der Waals surface area (Å²) in [6.45, 7) is 3.19. The standard InChI is InChI=1S/C20H22N2O5S/c1-15(2)27-19(23)14-21-20(24)17-8-10-18(11-9-17)22-28(25,26)13-12-16-6-4-3-5-7-16/h3-13,15,22H,14H2,1-2H3,(H,21,24)/b13-12+. The number of anilines is 1. The molecule has 0 heterocycles. The zero-order valence-corrected chi connectivity index (χ0v) is 16.4. The molecule has 0 aliphatic heterocycles. The molecule has 2 rings (SSSR count). The Morgan fingerprint density at radius 3 is 2.29 bits per heavy atom. The van der Waals surface area contributed by atoms with Crippen LogP contribution in [-0.4, -0.2) is 32.9 Å². The lowest BCUT2D eigenvalue weighted by atomic mass is 10.2. The van der Waals surface area contributed by atoms with Gasteiger partial charge in [-0.2, -0.15) is 0 Å². The molecule has 0 aromatic heterocycles. The van der Waals surface area contributed by atoms with Gasteiger partial charge in [-0.05, 0) is 49.8 Å². The zero-order chi connectivity index (χ0) is 20.6. The maximum Gasteiger partial charge on any atom is 0.325 e. The SMILES string of the molecule is CC(C)OC(=O)CNC(=O)c1ccc(NS(=O)(=O)/C=C/c2ccccc2)cc1. The van der Waals surface area contributed by atoms with Crippen molar-refractivity contribution in [3.63, 3.8) is 0 Å². The number of hydrogen-bond acceptors (Lipinski definition) is 5. The van der Waals surface area contributed by atoms with E-state index >= 15 is 0 Å². The van der Waals surface area contributed by atoms with Crippen LogP contribution in [0.3, 0.4) is 0 Å². The predicted molar refractivity (Wildman–Crippen MR) is 108 cm³/mol. The van der Waals surface area contributed by atoms with Gasteiger partial charge in [0.2, 0.25) is 0 Å². The number of esters is 1. The first-order valence-corrected chi connectivity index (χ1v) is 10.1. The van der Waals surface area contributed by atoms with Crippen molar-refractivity contribution < 1.29 is 22.7 Å². The molecule has 28 heavy (non-hydrogen) atoms. The van der Waals surface area contributed by atoms with Gasteiger partial charge in [0.1, 0.15) is 6.54 Å². The van der Waals surface area contributed by atoms with E-state index < -0.39 is 21.9 Å². The zero-order valence-electron chi connectivity index (χ0n) is 15.6. The Morgan fingerprint density at radius 1 is 1.04 bits per heavy atom. The van der Waals surface area contributed by atoms with Gasteiger partial charge in [-0.25, -0.2) is 8.42 Å². The lowest BCUT2D eigenvalue weighted by Crippen LogP contribution is -2.31. The van der Waals surface area contributed by atoms with E-state index in [0.29, 0.717) is 11.3 Å². The highest BCUT2D eigenvalue weighted by molar-refractivity contribution is 7.95. The molecule has 2 N–H and O–H groups in total. The summed E-state index contributed by atoms with van der Waals surface area (Å²) in [5.41, 5.74) is 1.37. The van der Waals surface area contributed by atoms with E-state index in [2.05, 4.69) is 10.0 Å². The summed E-state index contributed by atoms with van der Waals surface area (Å²) in [6.07, 6.45) is 1.23. The minimum atomic E-state index is -3.69. The molecular weight excluding hydrogens is 380 g/mol. The minimum Gasteiger partial charge on any atom is -0.462 e. The molecule has 0 bridgehead atoms. The van der Waals surface area contributed by atoms with Gasteiger partial charge in [-0.15, -0.1) is 0 Å². The van der Waals surface area contributed by atoms with Crippen LogP contribution in [0.5, 0.6) is 0 Å². The molecule has 7 nitrogen and oxygen atoms in total. The highest BCUT2D eigenvalue weighted by atomic mass is 32.2. The smallest absolute Gasteiger partial charge is 0.325 e. The summed E-state index contributed by atoms with van der Waals surface area (Å²) >= 11 is 0. The van der Waals surface area contributed by atoms with Crippen molar-refractivity contribution in [2.45, 2.75) is 20.0 Å². The van der Waals surface area contributed by atoms with Crippen molar-refractivity contribution in [3.8, 4) is 0 Å². The van der Waals surface area contributed by atoms with Crippen LogP contribution in [0.2, 0.25) is 0 Å². The number of benzene rings is 2. The molecule has 0 radical (unpaired) electrons. The molecule has 0 fully saturated rings. The second kappa shape index (κ2) is 9.70. The monoisotopic (exact) mass is 402 g/mol. The normalized spacial score (nSPS) is 11.4. The van der Waals surface area contributed by atoms with Gasteiger partial charge >= 0.3 is 5.97 Å². The maximum absolute atomic E-state index is 12.1. The number of carbonyl (C=O) groups excluding carboxylic acids is 2. The Labute approximate surface area is 164 Å². The van der Waals surface area contributed by atoms with Crippen LogP contribution in [0, 0.1) is 0 Å². The van der Waals surface area contributed by atoms with Gasteiger partial charge in [0.15, 0.2) is 0 Å². The molecule has 2 aromatic carbocycles. The van der Waals surface area contributed by atoms with Gasteiger partial charge < -0.3 is 10.1 Å². The molecule has 148 valence electrons. The first kappa shape index (κ1) is 21.2. The summed E-state index contributed by atoms with van der Waals surface area (Å²) < 4.78 is 31.6. The predicted octanol–water partition coefficient (Wildman–Crippen LogP) is 2.78. The average Bonchev–Trinajstić information content (AvgIpc) is 2.65. The van der Waals surface area contributed by atoms with E-state index in [4.69, 9.17) is 4.74 Å². The molecular formula is C20H22N2O5S. The van der Waals surface area contributed by atoms with Crippen LogP contribution in [0.1, 0.15) is 29.8 Å². The maximum atomic E-state index is 12.1. The van der Waals surface area contributed by atoms with Crippen molar-refractivity contribution >= 4 is 33.7 Å². The van der Waals surface area contributed by atoms with Gasteiger partial charge in [-0.3, -0.25) is 14.3 Å². The highest BCUT2D eigenvalue weighted by Gasteiger charge is 2.11. The fourth-order valence-electron chi connectivity index (χ4n) is 2.18. The molecule has 0 spiro atoms. The first-order chi connectivity index (χ1) is 13.2. The number of nitrogens with one attached hydrogen (secondary N) is 2. The summed E-state index contributed by atoms with van der Waals surface area (Å²) in [7, 11) is -3.69. The van der Waals surface area contributed by atoms with Gasteiger partial charge in [0, 0.05) is 11.3 Å². The summed E-state index contributed by atoms with van der Waals surface area (Å²) in [5.74, 6) is -0.989. The van der Waals surface area contributed by atoms with Crippen LogP contribution in [0.4, 0.5) is 5.69 Å². The van der Waals surface area contributed by atoms with Crippen LogP contribution in [0.25, 0.3) is 6.08 Å². The minimum absolute atomic E-state index is 0.240. The summed E-state index contributed by atoms with van der Waals surface area (Å²) in [4.78, 5) is 23.5. The molecule has 8 heteroatoms. The number of rotatable bonds is 8. The third-order valence-electron chi connectivity index (χ3n) is 3.41. The second-order valence-electron chi connectivity index (χ2n) is 6.16. The fraction of sp³-hybridized carbons (Fsp3) is 0.200. The molecule has 0 aliphatic rings. The number of sulfonamides is 1. The van der Waals surface area contributed by atoms with Crippen molar-refractivity contribution in [3.05, 3.63) is 71.1 Å². The Bertz CT molecular complexity index is 936. The van der Waals surface area contributed by atoms with E-state index in [1.807, 2.05) is 18.2 Å². The first-order valence-electron chi connectivity index (χ1n) is 8.59. The van der Waals surface area contributed by atoms with Crippen molar-refractivity contribution in [2.75, 3.05) is 11.3 Å². The average molecular weight is 402 g/mol. The Kier molecular flexibility index (Phi) is 7.34. The largest absolute Gasteiger partial charge is 0.462 e. The van der Waals surface area contributed by atoms with Crippen molar-refractivity contribution in [1.82, 2.24) is 5.32 Å². The van der Waals surface area contributed by atoms with E-state index in [1.54, 1.807) is 26.0 Å². The van der Waals surface area contributed by atoms with Crippen LogP contribution >= 0.6 is 0 Å². The fourth-order valence-corrected chi connectivity index (χ4v) is 3.05. The van der Waals surface area contributed by atoms with Gasteiger partial charge in [0.25, 0.3) is 15.9 Å². The van der Waals surface area contributed by atoms with E-state index in [1.165, 1.54) is 30.3 Å². The molecule has 0 saturated heterocycles. The Hall–Kier alpha value is -3.13. The summed E-state index contributed by atoms with van der Waals surface area (Å²) in [5, 5.41) is 3.52. The summed E-state index contributed by atoms with van der Waals surface area (Å²) in [6, 6.07) is 14.9. The quantitative estimate of drug-likeness (QED) is 0.661. The van der Waals surface area contributed by atoms with Crippen LogP contribution < -0.4 is 10.0 Å². The van der Waals surface area contributed by atoms with E-state index in [0.717, 1.165) is 11.0 Å². The topological polar surface area (TPSA) is 102 Å². The molecule has 1 amide bonds. The third kappa shape index (κ3) is 7.24. The molecule has 0 saturated carbocycles. The lowest BCUT2D eigenvalue weighted by Gasteiger charge is -2.09. The lowest BCUT2D eigenvalue weighted by molar-refractivity contribution is -0.146. The third-order valence-corrected chi connectivity index (χ3v) is 4.42. The van der Waals surface area contributed by atoms with E-state index in [-0.39, 0.29) is 12.6 Å². The van der Waals surface area contributed by atoms with Crippen molar-refractivity contribution in [1.29, 1.82) is 0 Å². The second-order valence-corrected chi connectivity index (χ2v) is 7.73.